The van der Waals surface area contributed by atoms with Crippen LogP contribution in [0.5, 0.6) is 5.75 Å². The molecular formula is C13H15Br2NO2. The van der Waals surface area contributed by atoms with Gasteiger partial charge >= 0.3 is 0 Å². The number of hydrogen-bond acceptors (Lipinski definition) is 2. The van der Waals surface area contributed by atoms with Crippen molar-refractivity contribution in [1.29, 1.82) is 0 Å². The SMILES string of the molecule is CC1CN(C(=O)c2ccc(Br)c(O)c2)CCC1Br. The Labute approximate surface area is 123 Å². The van der Waals surface area contributed by atoms with Gasteiger partial charge in [-0.25, -0.2) is 0 Å². The Hall–Kier alpha value is -0.550. The predicted molar refractivity (Wildman–Crippen MR) is 78.2 cm³/mol. The molecule has 0 bridgehead atoms. The average Bonchev–Trinajstić information content (AvgIpc) is 2.35. The van der Waals surface area contributed by atoms with E-state index in [0.29, 0.717) is 20.8 Å². The molecule has 5 heteroatoms. The van der Waals surface area contributed by atoms with Gasteiger partial charge in [-0.05, 0) is 46.5 Å². The van der Waals surface area contributed by atoms with Gasteiger partial charge in [0.05, 0.1) is 4.47 Å². The Bertz CT molecular complexity index is 464. The number of likely N-dealkylation sites (tertiary alicyclic amines) is 1. The molecule has 0 spiro atoms. The van der Waals surface area contributed by atoms with Crippen LogP contribution in [0.4, 0.5) is 0 Å². The number of hydrogen-bond donors (Lipinski definition) is 1. The van der Waals surface area contributed by atoms with Gasteiger partial charge in [-0.2, -0.15) is 0 Å². The third-order valence-corrected chi connectivity index (χ3v) is 5.31. The maximum absolute atomic E-state index is 12.3. The summed E-state index contributed by atoms with van der Waals surface area (Å²) in [6, 6.07) is 4.94. The van der Waals surface area contributed by atoms with Crippen LogP contribution in [0.25, 0.3) is 0 Å². The largest absolute Gasteiger partial charge is 0.507 e. The van der Waals surface area contributed by atoms with E-state index in [2.05, 4.69) is 38.8 Å². The Kier molecular flexibility index (Phi) is 4.33. The summed E-state index contributed by atoms with van der Waals surface area (Å²) < 4.78 is 0.603. The zero-order valence-corrected chi connectivity index (χ0v) is 13.2. The first-order valence-corrected chi connectivity index (χ1v) is 7.61. The number of rotatable bonds is 1. The highest BCUT2D eigenvalue weighted by Gasteiger charge is 2.27. The van der Waals surface area contributed by atoms with Crippen molar-refractivity contribution < 1.29 is 9.90 Å². The lowest BCUT2D eigenvalue weighted by molar-refractivity contribution is 0.0690. The number of benzene rings is 1. The second-order valence-corrected chi connectivity index (χ2v) is 6.73. The fourth-order valence-electron chi connectivity index (χ4n) is 2.13. The van der Waals surface area contributed by atoms with Crippen molar-refractivity contribution in [3.05, 3.63) is 28.2 Å². The summed E-state index contributed by atoms with van der Waals surface area (Å²) >= 11 is 6.83. The first-order chi connectivity index (χ1) is 8.49. The smallest absolute Gasteiger partial charge is 0.253 e. The normalized spacial score (nSPS) is 24.1. The minimum absolute atomic E-state index is 0.0101. The molecule has 2 atom stereocenters. The zero-order valence-electron chi connectivity index (χ0n) is 10.1. The Balaban J connectivity index is 2.14. The molecule has 2 unspecified atom stereocenters. The Morgan fingerprint density at radius 1 is 1.50 bits per heavy atom. The molecule has 1 heterocycles. The molecule has 0 aliphatic carbocycles. The molecule has 0 aromatic heterocycles. The van der Waals surface area contributed by atoms with Gasteiger partial charge in [-0.15, -0.1) is 0 Å². The van der Waals surface area contributed by atoms with E-state index < -0.39 is 0 Å². The molecule has 1 saturated heterocycles. The maximum Gasteiger partial charge on any atom is 0.253 e. The van der Waals surface area contributed by atoms with Gasteiger partial charge in [-0.3, -0.25) is 4.79 Å². The summed E-state index contributed by atoms with van der Waals surface area (Å²) in [5.74, 6) is 0.542. The first-order valence-electron chi connectivity index (χ1n) is 5.91. The molecule has 1 aliphatic heterocycles. The van der Waals surface area contributed by atoms with Crippen LogP contribution >= 0.6 is 31.9 Å². The molecule has 0 radical (unpaired) electrons. The van der Waals surface area contributed by atoms with E-state index in [0.717, 1.165) is 19.5 Å². The van der Waals surface area contributed by atoms with Crippen LogP contribution < -0.4 is 0 Å². The van der Waals surface area contributed by atoms with Gasteiger partial charge in [-0.1, -0.05) is 22.9 Å². The van der Waals surface area contributed by atoms with Gasteiger partial charge < -0.3 is 10.0 Å². The molecule has 1 aliphatic rings. The predicted octanol–water partition coefficient (Wildman–Crippen LogP) is 3.40. The third kappa shape index (κ3) is 2.88. The van der Waals surface area contributed by atoms with Crippen molar-refractivity contribution in [3.63, 3.8) is 0 Å². The van der Waals surface area contributed by atoms with E-state index in [4.69, 9.17) is 0 Å². The van der Waals surface area contributed by atoms with Crippen LogP contribution in [0, 0.1) is 5.92 Å². The summed E-state index contributed by atoms with van der Waals surface area (Å²) in [4.78, 5) is 14.6. The first kappa shape index (κ1) is 13.9. The number of halogens is 2. The highest BCUT2D eigenvalue weighted by atomic mass is 79.9. The lowest BCUT2D eigenvalue weighted by Gasteiger charge is -2.34. The number of carbonyl (C=O) groups is 1. The summed E-state index contributed by atoms with van der Waals surface area (Å²) in [6.45, 7) is 3.65. The van der Waals surface area contributed by atoms with Gasteiger partial charge in [0, 0.05) is 23.5 Å². The number of piperidine rings is 1. The number of carbonyl (C=O) groups excluding carboxylic acids is 1. The fourth-order valence-corrected chi connectivity index (χ4v) is 2.75. The van der Waals surface area contributed by atoms with Gasteiger partial charge in [0.2, 0.25) is 0 Å². The Morgan fingerprint density at radius 3 is 2.83 bits per heavy atom. The van der Waals surface area contributed by atoms with Crippen LogP contribution in [0.3, 0.4) is 0 Å². The topological polar surface area (TPSA) is 40.5 Å². The van der Waals surface area contributed by atoms with E-state index in [-0.39, 0.29) is 11.7 Å². The van der Waals surface area contributed by atoms with Gasteiger partial charge in [0.1, 0.15) is 5.75 Å². The third-order valence-electron chi connectivity index (χ3n) is 3.28. The number of phenolic OH excluding ortho intramolecular Hbond substituents is 1. The van der Waals surface area contributed by atoms with E-state index in [1.165, 1.54) is 6.07 Å². The zero-order chi connectivity index (χ0) is 13.3. The van der Waals surface area contributed by atoms with Crippen molar-refractivity contribution in [3.8, 4) is 5.75 Å². The van der Waals surface area contributed by atoms with Crippen LogP contribution in [0.15, 0.2) is 22.7 Å². The highest BCUT2D eigenvalue weighted by Crippen LogP contribution is 2.27. The molecule has 1 aromatic rings. The van der Waals surface area contributed by atoms with Crippen LogP contribution in [0.2, 0.25) is 0 Å². The number of nitrogens with zero attached hydrogens (tertiary/aromatic N) is 1. The molecule has 3 nitrogen and oxygen atoms in total. The van der Waals surface area contributed by atoms with E-state index >= 15 is 0 Å². The molecule has 98 valence electrons. The fraction of sp³-hybridized carbons (Fsp3) is 0.462. The van der Waals surface area contributed by atoms with Crippen molar-refractivity contribution in [2.24, 2.45) is 5.92 Å². The van der Waals surface area contributed by atoms with Crippen LogP contribution in [-0.2, 0) is 0 Å². The number of aromatic hydroxyl groups is 1. The molecule has 1 N–H and O–H groups in total. The summed E-state index contributed by atoms with van der Waals surface area (Å²) in [5.41, 5.74) is 0.538. The number of phenols is 1. The molecule has 1 amide bonds. The summed E-state index contributed by atoms with van der Waals surface area (Å²) in [6.07, 6.45) is 0.968. The number of amides is 1. The monoisotopic (exact) mass is 375 g/mol. The highest BCUT2D eigenvalue weighted by molar-refractivity contribution is 9.10. The van der Waals surface area contributed by atoms with E-state index in [9.17, 15) is 9.90 Å². The molecule has 0 saturated carbocycles. The van der Waals surface area contributed by atoms with Gasteiger partial charge in [0.25, 0.3) is 5.91 Å². The molecule has 18 heavy (non-hydrogen) atoms. The summed E-state index contributed by atoms with van der Waals surface area (Å²) in [5, 5.41) is 9.62. The van der Waals surface area contributed by atoms with Crippen LogP contribution in [0.1, 0.15) is 23.7 Å². The molecular weight excluding hydrogens is 362 g/mol. The minimum Gasteiger partial charge on any atom is -0.507 e. The second-order valence-electron chi connectivity index (χ2n) is 4.70. The van der Waals surface area contributed by atoms with E-state index in [1.807, 2.05) is 4.90 Å². The minimum atomic E-state index is -0.0101. The lowest BCUT2D eigenvalue weighted by Crippen LogP contribution is -2.43. The second kappa shape index (κ2) is 5.61. The van der Waals surface area contributed by atoms with Gasteiger partial charge in [0.15, 0.2) is 0 Å². The van der Waals surface area contributed by atoms with Crippen molar-refractivity contribution in [2.45, 2.75) is 18.2 Å². The quantitative estimate of drug-likeness (QED) is 0.763. The van der Waals surface area contributed by atoms with Crippen LogP contribution in [-0.4, -0.2) is 33.8 Å². The Morgan fingerprint density at radius 2 is 2.22 bits per heavy atom. The average molecular weight is 377 g/mol. The standard InChI is InChI=1S/C13H15Br2NO2/c1-8-7-16(5-4-10(8)14)13(18)9-2-3-11(15)12(17)6-9/h2-3,6,8,10,17H,4-5,7H2,1H3. The molecule has 2 rings (SSSR count). The maximum atomic E-state index is 12.3. The molecule has 1 fully saturated rings. The number of alkyl halides is 1. The summed E-state index contributed by atoms with van der Waals surface area (Å²) in [7, 11) is 0. The lowest BCUT2D eigenvalue weighted by atomic mass is 9.99. The van der Waals surface area contributed by atoms with Crippen molar-refractivity contribution in [1.82, 2.24) is 4.90 Å². The van der Waals surface area contributed by atoms with Crippen molar-refractivity contribution >= 4 is 37.8 Å². The van der Waals surface area contributed by atoms with E-state index in [1.54, 1.807) is 12.1 Å². The molecule has 1 aromatic carbocycles. The van der Waals surface area contributed by atoms with Crippen molar-refractivity contribution in [2.75, 3.05) is 13.1 Å².